The van der Waals surface area contributed by atoms with Crippen LogP contribution in [0.3, 0.4) is 0 Å². The van der Waals surface area contributed by atoms with Crippen molar-refractivity contribution in [2.24, 2.45) is 0 Å². The second kappa shape index (κ2) is 7.43. The molecule has 0 bridgehead atoms. The smallest absolute Gasteiger partial charge is 0.198 e. The first-order chi connectivity index (χ1) is 8.55. The monoisotopic (exact) mass is 257 g/mol. The summed E-state index contributed by atoms with van der Waals surface area (Å²) in [5.41, 5.74) is 0. The molecule has 1 aliphatic heterocycles. The molecule has 18 heavy (non-hydrogen) atoms. The van der Waals surface area contributed by atoms with E-state index in [0.717, 1.165) is 25.9 Å². The van der Waals surface area contributed by atoms with Crippen LogP contribution in [0.4, 0.5) is 0 Å². The van der Waals surface area contributed by atoms with Gasteiger partial charge in [0.2, 0.25) is 0 Å². The molecule has 4 nitrogen and oxygen atoms in total. The highest BCUT2D eigenvalue weighted by Crippen LogP contribution is 2.27. The van der Waals surface area contributed by atoms with E-state index in [0.29, 0.717) is 0 Å². The molecule has 2 atom stereocenters. The minimum Gasteiger partial charge on any atom is -0.363 e. The summed E-state index contributed by atoms with van der Waals surface area (Å²) in [6, 6.07) is 0. The van der Waals surface area contributed by atoms with Gasteiger partial charge in [-0.2, -0.15) is 0 Å². The number of aliphatic hydroxyl groups is 1. The normalized spacial score (nSPS) is 23.0. The van der Waals surface area contributed by atoms with Crippen molar-refractivity contribution in [2.45, 2.75) is 51.0 Å². The van der Waals surface area contributed by atoms with Gasteiger partial charge in [-0.1, -0.05) is 19.8 Å². The lowest BCUT2D eigenvalue weighted by molar-refractivity contribution is -0.234. The zero-order valence-electron chi connectivity index (χ0n) is 12.4. The molecule has 0 spiro atoms. The lowest BCUT2D eigenvalue weighted by Gasteiger charge is -2.46. The Labute approximate surface area is 112 Å². The van der Waals surface area contributed by atoms with Crippen molar-refractivity contribution < 1.29 is 9.84 Å². The van der Waals surface area contributed by atoms with Crippen LogP contribution in [0.5, 0.6) is 0 Å². The summed E-state index contributed by atoms with van der Waals surface area (Å²) in [7, 11) is 5.60. The number of methoxy groups -OCH3 is 1. The van der Waals surface area contributed by atoms with Crippen LogP contribution in [0, 0.1) is 6.42 Å². The van der Waals surface area contributed by atoms with Crippen molar-refractivity contribution in [2.75, 3.05) is 34.3 Å². The van der Waals surface area contributed by atoms with Crippen molar-refractivity contribution in [1.82, 2.24) is 9.80 Å². The lowest BCUT2D eigenvalue weighted by atomic mass is 10.0. The summed E-state index contributed by atoms with van der Waals surface area (Å²) < 4.78 is 5.43. The van der Waals surface area contributed by atoms with Crippen molar-refractivity contribution in [3.63, 3.8) is 0 Å². The first-order valence-electron chi connectivity index (χ1n) is 7.07. The Morgan fingerprint density at radius 2 is 1.94 bits per heavy atom. The molecule has 2 unspecified atom stereocenters. The number of nitrogens with zero attached hydrogens (tertiary/aromatic N) is 2. The summed E-state index contributed by atoms with van der Waals surface area (Å²) in [4.78, 5) is 4.39. The van der Waals surface area contributed by atoms with Crippen LogP contribution in [0.25, 0.3) is 0 Å². The van der Waals surface area contributed by atoms with E-state index in [1.54, 1.807) is 7.11 Å². The van der Waals surface area contributed by atoms with Crippen molar-refractivity contribution >= 4 is 0 Å². The number of unbranched alkanes of at least 4 members (excludes halogenated alkanes) is 1. The Morgan fingerprint density at radius 1 is 1.33 bits per heavy atom. The predicted octanol–water partition coefficient (Wildman–Crippen LogP) is 1.70. The summed E-state index contributed by atoms with van der Waals surface area (Å²) in [5, 5.41) is 10.8. The average molecular weight is 257 g/mol. The molecule has 1 heterocycles. The number of piperidine rings is 1. The van der Waals surface area contributed by atoms with E-state index in [9.17, 15) is 5.11 Å². The molecule has 1 rings (SSSR count). The SMILES string of the molecule is CCC[CH]C(O)(OC)C(N(C)C)N1CCCCC1. The van der Waals surface area contributed by atoms with Gasteiger partial charge in [-0.3, -0.25) is 9.80 Å². The molecule has 1 saturated heterocycles. The first-order valence-corrected chi connectivity index (χ1v) is 7.07. The fourth-order valence-electron chi connectivity index (χ4n) is 2.77. The van der Waals surface area contributed by atoms with E-state index in [1.807, 2.05) is 20.5 Å². The molecule has 0 aromatic carbocycles. The molecule has 0 aliphatic carbocycles. The molecule has 4 heteroatoms. The second-order valence-electron chi connectivity index (χ2n) is 5.38. The van der Waals surface area contributed by atoms with Gasteiger partial charge in [-0.15, -0.1) is 0 Å². The van der Waals surface area contributed by atoms with E-state index < -0.39 is 5.79 Å². The van der Waals surface area contributed by atoms with Gasteiger partial charge < -0.3 is 9.84 Å². The second-order valence-corrected chi connectivity index (χ2v) is 5.38. The van der Waals surface area contributed by atoms with Gasteiger partial charge in [-0.05, 0) is 46.4 Å². The fourth-order valence-corrected chi connectivity index (χ4v) is 2.77. The predicted molar refractivity (Wildman–Crippen MR) is 74.1 cm³/mol. The van der Waals surface area contributed by atoms with Gasteiger partial charge >= 0.3 is 0 Å². The largest absolute Gasteiger partial charge is 0.363 e. The minimum absolute atomic E-state index is 0.102. The third-order valence-electron chi connectivity index (χ3n) is 3.65. The standard InChI is InChI=1S/C14H29N2O2/c1-5-6-10-14(17,18-4)13(15(2)3)16-11-8-7-9-12-16/h10,13,17H,5-9,11-12H2,1-4H3. The maximum Gasteiger partial charge on any atom is 0.198 e. The molecule has 1 N–H and O–H groups in total. The van der Waals surface area contributed by atoms with E-state index in [1.165, 1.54) is 19.3 Å². The summed E-state index contributed by atoms with van der Waals surface area (Å²) >= 11 is 0. The molecule has 1 fully saturated rings. The average Bonchev–Trinajstić information content (AvgIpc) is 2.37. The molecule has 0 aromatic heterocycles. The molecule has 0 aromatic rings. The van der Waals surface area contributed by atoms with Crippen molar-refractivity contribution in [1.29, 1.82) is 0 Å². The maximum absolute atomic E-state index is 10.8. The molecular formula is C14H29N2O2. The van der Waals surface area contributed by atoms with Crippen LogP contribution < -0.4 is 0 Å². The fraction of sp³-hybridized carbons (Fsp3) is 0.929. The van der Waals surface area contributed by atoms with E-state index in [4.69, 9.17) is 4.74 Å². The van der Waals surface area contributed by atoms with Crippen LogP contribution in [0.15, 0.2) is 0 Å². The Bertz CT molecular complexity index is 230. The summed E-state index contributed by atoms with van der Waals surface area (Å²) in [6.07, 6.45) is 7.39. The van der Waals surface area contributed by atoms with Gasteiger partial charge in [0.25, 0.3) is 0 Å². The lowest BCUT2D eigenvalue weighted by Crippen LogP contribution is -2.61. The van der Waals surface area contributed by atoms with Crippen LogP contribution >= 0.6 is 0 Å². The number of hydrogen-bond acceptors (Lipinski definition) is 4. The number of hydrogen-bond donors (Lipinski definition) is 1. The highest BCUT2D eigenvalue weighted by atomic mass is 16.6. The number of likely N-dealkylation sites (N-methyl/N-ethyl adjacent to an activating group) is 1. The van der Waals surface area contributed by atoms with E-state index >= 15 is 0 Å². The van der Waals surface area contributed by atoms with Crippen LogP contribution in [0.2, 0.25) is 0 Å². The molecule has 1 aliphatic rings. The molecule has 0 saturated carbocycles. The van der Waals surface area contributed by atoms with Gasteiger partial charge in [0.1, 0.15) is 6.17 Å². The molecule has 107 valence electrons. The topological polar surface area (TPSA) is 35.9 Å². The summed E-state index contributed by atoms with van der Waals surface area (Å²) in [6.45, 7) is 4.18. The zero-order valence-corrected chi connectivity index (χ0v) is 12.4. The Hall–Kier alpha value is -0.160. The Balaban J connectivity index is 2.78. The third-order valence-corrected chi connectivity index (χ3v) is 3.65. The minimum atomic E-state index is -1.18. The van der Waals surface area contributed by atoms with Crippen LogP contribution in [-0.4, -0.2) is 61.2 Å². The summed E-state index contributed by atoms with van der Waals surface area (Å²) in [5.74, 6) is -1.18. The van der Waals surface area contributed by atoms with Crippen LogP contribution in [0.1, 0.15) is 39.0 Å². The van der Waals surface area contributed by atoms with Crippen molar-refractivity contribution in [3.05, 3.63) is 6.42 Å². The molecule has 1 radical (unpaired) electrons. The van der Waals surface area contributed by atoms with E-state index in [2.05, 4.69) is 16.7 Å². The Morgan fingerprint density at radius 3 is 2.39 bits per heavy atom. The quantitative estimate of drug-likeness (QED) is 0.704. The van der Waals surface area contributed by atoms with Gasteiger partial charge in [0.05, 0.1) is 0 Å². The van der Waals surface area contributed by atoms with Gasteiger partial charge in [0.15, 0.2) is 5.79 Å². The number of ether oxygens (including phenoxy) is 1. The van der Waals surface area contributed by atoms with E-state index in [-0.39, 0.29) is 6.17 Å². The molecular weight excluding hydrogens is 228 g/mol. The number of rotatable bonds is 7. The third kappa shape index (κ3) is 3.92. The molecule has 0 amide bonds. The highest BCUT2D eigenvalue weighted by Gasteiger charge is 2.42. The Kier molecular flexibility index (Phi) is 6.57. The maximum atomic E-state index is 10.8. The highest BCUT2D eigenvalue weighted by molar-refractivity contribution is 4.95. The van der Waals surface area contributed by atoms with Crippen LogP contribution in [-0.2, 0) is 4.74 Å². The zero-order chi connectivity index (χ0) is 13.6. The number of likely N-dealkylation sites (tertiary alicyclic amines) is 1. The van der Waals surface area contributed by atoms with Gasteiger partial charge in [-0.25, -0.2) is 0 Å². The first kappa shape index (κ1) is 15.9. The van der Waals surface area contributed by atoms with Crippen molar-refractivity contribution in [3.8, 4) is 0 Å². The van der Waals surface area contributed by atoms with Gasteiger partial charge in [0, 0.05) is 13.5 Å².